The van der Waals surface area contributed by atoms with Gasteiger partial charge in [0.2, 0.25) is 5.91 Å². The number of carbonyl (C=O) groups excluding carboxylic acids is 1. The monoisotopic (exact) mass is 254 g/mol. The van der Waals surface area contributed by atoms with E-state index in [0.29, 0.717) is 17.1 Å². The highest BCUT2D eigenvalue weighted by molar-refractivity contribution is 8.00. The molecule has 1 rings (SSSR count). The molecule has 0 saturated heterocycles. The summed E-state index contributed by atoms with van der Waals surface area (Å²) in [6.07, 6.45) is 1.61. The Morgan fingerprint density at radius 2 is 2.41 bits per heavy atom. The van der Waals surface area contributed by atoms with Crippen LogP contribution in [0.3, 0.4) is 0 Å². The standard InChI is InChI=1S/C12H15FN2OS/c1-3-6-15-12(16)8(2)17-11-5-4-9(13)7-10(11)14/h3-5,7-8H,1,6,14H2,2H3,(H,15,16). The van der Waals surface area contributed by atoms with Gasteiger partial charge in [-0.05, 0) is 25.1 Å². The number of carbonyl (C=O) groups is 1. The minimum Gasteiger partial charge on any atom is -0.398 e. The number of benzene rings is 1. The van der Waals surface area contributed by atoms with E-state index in [-0.39, 0.29) is 17.0 Å². The lowest BCUT2D eigenvalue weighted by atomic mass is 10.3. The van der Waals surface area contributed by atoms with Crippen molar-refractivity contribution >= 4 is 23.4 Å². The number of thioether (sulfide) groups is 1. The first-order valence-corrected chi connectivity index (χ1v) is 6.03. The zero-order valence-corrected chi connectivity index (χ0v) is 10.4. The summed E-state index contributed by atoms with van der Waals surface area (Å²) in [6, 6.07) is 4.15. The van der Waals surface area contributed by atoms with Crippen molar-refractivity contribution in [2.75, 3.05) is 12.3 Å². The van der Waals surface area contributed by atoms with Gasteiger partial charge >= 0.3 is 0 Å². The molecule has 0 aromatic heterocycles. The summed E-state index contributed by atoms with van der Waals surface area (Å²) < 4.78 is 12.8. The molecule has 0 spiro atoms. The van der Waals surface area contributed by atoms with E-state index in [2.05, 4.69) is 11.9 Å². The molecule has 1 amide bonds. The lowest BCUT2D eigenvalue weighted by molar-refractivity contribution is -0.120. The van der Waals surface area contributed by atoms with Gasteiger partial charge in [-0.1, -0.05) is 6.08 Å². The van der Waals surface area contributed by atoms with E-state index in [1.54, 1.807) is 19.1 Å². The Bertz CT molecular complexity index is 423. The summed E-state index contributed by atoms with van der Waals surface area (Å²) in [5.41, 5.74) is 6.01. The Morgan fingerprint density at radius 3 is 3.00 bits per heavy atom. The average molecular weight is 254 g/mol. The maximum Gasteiger partial charge on any atom is 0.233 e. The van der Waals surface area contributed by atoms with Crippen LogP contribution < -0.4 is 11.1 Å². The Labute approximate surface area is 104 Å². The molecule has 1 aromatic rings. The molecular weight excluding hydrogens is 239 g/mol. The third-order valence-corrected chi connectivity index (χ3v) is 3.26. The van der Waals surface area contributed by atoms with Crippen LogP contribution in [0.2, 0.25) is 0 Å². The van der Waals surface area contributed by atoms with Crippen LogP contribution in [0.25, 0.3) is 0 Å². The van der Waals surface area contributed by atoms with Gasteiger partial charge in [-0.15, -0.1) is 18.3 Å². The largest absolute Gasteiger partial charge is 0.398 e. The summed E-state index contributed by atoms with van der Waals surface area (Å²) in [6.45, 7) is 5.72. The molecule has 0 bridgehead atoms. The number of nitrogen functional groups attached to an aromatic ring is 1. The third-order valence-electron chi connectivity index (χ3n) is 2.07. The molecule has 3 N–H and O–H groups in total. The van der Waals surface area contributed by atoms with Gasteiger partial charge in [0.1, 0.15) is 5.82 Å². The van der Waals surface area contributed by atoms with Crippen molar-refractivity contribution in [2.24, 2.45) is 0 Å². The van der Waals surface area contributed by atoms with Crippen molar-refractivity contribution in [1.29, 1.82) is 0 Å². The van der Waals surface area contributed by atoms with E-state index < -0.39 is 0 Å². The van der Waals surface area contributed by atoms with Crippen LogP contribution in [0, 0.1) is 5.82 Å². The van der Waals surface area contributed by atoms with E-state index in [0.717, 1.165) is 0 Å². The Kier molecular flexibility index (Phi) is 5.03. The van der Waals surface area contributed by atoms with Crippen LogP contribution in [0.15, 0.2) is 35.7 Å². The fourth-order valence-corrected chi connectivity index (χ4v) is 2.10. The summed E-state index contributed by atoms with van der Waals surface area (Å²) in [4.78, 5) is 12.3. The molecule has 0 radical (unpaired) electrons. The first-order valence-electron chi connectivity index (χ1n) is 5.15. The van der Waals surface area contributed by atoms with Gasteiger partial charge < -0.3 is 11.1 Å². The van der Waals surface area contributed by atoms with E-state index in [9.17, 15) is 9.18 Å². The highest BCUT2D eigenvalue weighted by Crippen LogP contribution is 2.29. The molecule has 92 valence electrons. The van der Waals surface area contributed by atoms with Crippen LogP contribution in [0.5, 0.6) is 0 Å². The van der Waals surface area contributed by atoms with Crippen molar-refractivity contribution in [3.8, 4) is 0 Å². The first-order chi connectivity index (χ1) is 8.04. The predicted octanol–water partition coefficient (Wildman–Crippen LogP) is 2.19. The molecule has 3 nitrogen and oxygen atoms in total. The molecule has 0 aliphatic heterocycles. The number of halogens is 1. The molecule has 1 aromatic carbocycles. The van der Waals surface area contributed by atoms with Gasteiger partial charge in [0.25, 0.3) is 0 Å². The van der Waals surface area contributed by atoms with Gasteiger partial charge in [0, 0.05) is 17.1 Å². The van der Waals surface area contributed by atoms with Crippen LogP contribution in [0.4, 0.5) is 10.1 Å². The zero-order valence-electron chi connectivity index (χ0n) is 9.57. The molecule has 0 fully saturated rings. The molecule has 1 atom stereocenters. The fourth-order valence-electron chi connectivity index (χ4n) is 1.19. The van der Waals surface area contributed by atoms with Gasteiger partial charge in [0.05, 0.1) is 5.25 Å². The maximum absolute atomic E-state index is 12.8. The van der Waals surface area contributed by atoms with Crippen LogP contribution >= 0.6 is 11.8 Å². The normalized spacial score (nSPS) is 11.9. The second-order valence-corrected chi connectivity index (χ2v) is 4.86. The van der Waals surface area contributed by atoms with Crippen LogP contribution in [-0.4, -0.2) is 17.7 Å². The Balaban J connectivity index is 2.64. The number of anilines is 1. The minimum absolute atomic E-state index is 0.0985. The summed E-state index contributed by atoms with van der Waals surface area (Å²) in [5.74, 6) is -0.478. The van der Waals surface area contributed by atoms with E-state index in [1.807, 2.05) is 0 Å². The third kappa shape index (κ3) is 4.11. The molecule has 0 heterocycles. The van der Waals surface area contributed by atoms with Gasteiger partial charge in [-0.3, -0.25) is 4.79 Å². The van der Waals surface area contributed by atoms with E-state index in [4.69, 9.17) is 5.73 Å². The lowest BCUT2D eigenvalue weighted by Crippen LogP contribution is -2.30. The number of hydrogen-bond acceptors (Lipinski definition) is 3. The van der Waals surface area contributed by atoms with Crippen molar-refractivity contribution in [1.82, 2.24) is 5.32 Å². The topological polar surface area (TPSA) is 55.1 Å². The highest BCUT2D eigenvalue weighted by atomic mass is 32.2. The molecular formula is C12H15FN2OS. The second kappa shape index (κ2) is 6.30. The number of nitrogens with one attached hydrogen (secondary N) is 1. The zero-order chi connectivity index (χ0) is 12.8. The number of nitrogens with two attached hydrogens (primary N) is 1. The van der Waals surface area contributed by atoms with Gasteiger partial charge in [-0.2, -0.15) is 0 Å². The number of amides is 1. The Morgan fingerprint density at radius 1 is 1.71 bits per heavy atom. The maximum atomic E-state index is 12.8. The van der Waals surface area contributed by atoms with Gasteiger partial charge in [0.15, 0.2) is 0 Å². The molecule has 5 heteroatoms. The summed E-state index contributed by atoms with van der Waals surface area (Å²) in [7, 11) is 0. The molecule has 0 aliphatic carbocycles. The van der Waals surface area contributed by atoms with Crippen molar-refractivity contribution in [3.63, 3.8) is 0 Å². The van der Waals surface area contributed by atoms with E-state index in [1.165, 1.54) is 23.9 Å². The quantitative estimate of drug-likeness (QED) is 0.481. The smallest absolute Gasteiger partial charge is 0.233 e. The highest BCUT2D eigenvalue weighted by Gasteiger charge is 2.14. The molecule has 17 heavy (non-hydrogen) atoms. The first kappa shape index (κ1) is 13.6. The SMILES string of the molecule is C=CCNC(=O)C(C)Sc1ccc(F)cc1N. The van der Waals surface area contributed by atoms with Crippen molar-refractivity contribution in [2.45, 2.75) is 17.1 Å². The average Bonchev–Trinajstić information content (AvgIpc) is 2.29. The summed E-state index contributed by atoms with van der Waals surface area (Å²) in [5, 5.41) is 2.40. The Hall–Kier alpha value is -1.49. The predicted molar refractivity (Wildman–Crippen MR) is 69.3 cm³/mol. The van der Waals surface area contributed by atoms with Crippen LogP contribution in [0.1, 0.15) is 6.92 Å². The lowest BCUT2D eigenvalue weighted by Gasteiger charge is -2.12. The summed E-state index contributed by atoms with van der Waals surface area (Å²) >= 11 is 1.30. The van der Waals surface area contributed by atoms with Crippen molar-refractivity contribution < 1.29 is 9.18 Å². The van der Waals surface area contributed by atoms with E-state index >= 15 is 0 Å². The number of hydrogen-bond donors (Lipinski definition) is 2. The van der Waals surface area contributed by atoms with Gasteiger partial charge in [-0.25, -0.2) is 4.39 Å². The second-order valence-electron chi connectivity index (χ2n) is 3.48. The van der Waals surface area contributed by atoms with Crippen molar-refractivity contribution in [3.05, 3.63) is 36.7 Å². The van der Waals surface area contributed by atoms with Crippen LogP contribution in [-0.2, 0) is 4.79 Å². The molecule has 0 aliphatic rings. The molecule has 1 unspecified atom stereocenters. The minimum atomic E-state index is -0.379. The molecule has 0 saturated carbocycles. The number of rotatable bonds is 5. The fraction of sp³-hybridized carbons (Fsp3) is 0.250.